The molecule has 3 rings (SSSR count). The van der Waals surface area contributed by atoms with Crippen LogP contribution >= 0.6 is 34.9 Å². The number of hydrogen-bond donors (Lipinski definition) is 1. The smallest absolute Gasteiger partial charge is 0.270 e. The lowest BCUT2D eigenvalue weighted by molar-refractivity contribution is -0.384. The minimum atomic E-state index is -0.462. The number of nitro benzene ring substituents is 1. The first kappa shape index (κ1) is 17.8. The van der Waals surface area contributed by atoms with E-state index in [2.05, 4.69) is 20.5 Å². The highest BCUT2D eigenvalue weighted by Gasteiger charge is 2.20. The van der Waals surface area contributed by atoms with E-state index < -0.39 is 4.92 Å². The molecule has 0 saturated heterocycles. The van der Waals surface area contributed by atoms with Crippen molar-refractivity contribution in [2.45, 2.75) is 12.2 Å². The van der Waals surface area contributed by atoms with Gasteiger partial charge >= 0.3 is 0 Å². The SMILES string of the molecule is CC(SC1=NCCS1)C(=O)Nc1nnc(-c2cccc([N+](=O)[O-])c2)s1. The van der Waals surface area contributed by atoms with Gasteiger partial charge < -0.3 is 0 Å². The van der Waals surface area contributed by atoms with Crippen molar-refractivity contribution < 1.29 is 9.72 Å². The fourth-order valence-corrected chi connectivity index (χ4v) is 4.81. The third kappa shape index (κ3) is 4.55. The Hall–Kier alpha value is -1.98. The molecule has 1 aliphatic rings. The third-order valence-electron chi connectivity index (χ3n) is 3.16. The zero-order valence-corrected chi connectivity index (χ0v) is 15.5. The van der Waals surface area contributed by atoms with Crippen molar-refractivity contribution in [1.29, 1.82) is 0 Å². The zero-order valence-electron chi connectivity index (χ0n) is 13.0. The number of hydrogen-bond acceptors (Lipinski definition) is 9. The number of rotatable bonds is 5. The van der Waals surface area contributed by atoms with E-state index in [-0.39, 0.29) is 16.8 Å². The summed E-state index contributed by atoms with van der Waals surface area (Å²) in [5.41, 5.74) is 0.574. The standard InChI is InChI=1S/C14H13N5O3S3/c1-8(24-14-15-5-6-23-14)11(20)16-13-18-17-12(25-13)9-3-2-4-10(7-9)19(21)22/h2-4,7-8H,5-6H2,1H3,(H,16,18,20). The number of nitrogens with zero attached hydrogens (tertiary/aromatic N) is 4. The van der Waals surface area contributed by atoms with Crippen LogP contribution in [0.1, 0.15) is 6.92 Å². The number of anilines is 1. The van der Waals surface area contributed by atoms with Crippen LogP contribution in [-0.2, 0) is 4.79 Å². The maximum absolute atomic E-state index is 12.2. The van der Waals surface area contributed by atoms with Gasteiger partial charge in [-0.2, -0.15) is 0 Å². The van der Waals surface area contributed by atoms with E-state index in [1.54, 1.807) is 23.9 Å². The summed E-state index contributed by atoms with van der Waals surface area (Å²) in [7, 11) is 0. The summed E-state index contributed by atoms with van der Waals surface area (Å²) in [6.45, 7) is 2.61. The van der Waals surface area contributed by atoms with Crippen molar-refractivity contribution >= 4 is 56.0 Å². The number of amides is 1. The molecule has 25 heavy (non-hydrogen) atoms. The Bertz CT molecular complexity index is 839. The average Bonchev–Trinajstić information content (AvgIpc) is 3.27. The fourth-order valence-electron chi connectivity index (χ4n) is 1.94. The van der Waals surface area contributed by atoms with Gasteiger partial charge in [0.15, 0.2) is 0 Å². The number of nitro groups is 1. The summed E-state index contributed by atoms with van der Waals surface area (Å²) in [4.78, 5) is 26.9. The van der Waals surface area contributed by atoms with Gasteiger partial charge in [0.25, 0.3) is 5.69 Å². The van der Waals surface area contributed by atoms with Gasteiger partial charge in [-0.25, -0.2) is 0 Å². The molecule has 0 spiro atoms. The van der Waals surface area contributed by atoms with Gasteiger partial charge in [-0.3, -0.25) is 25.2 Å². The lowest BCUT2D eigenvalue weighted by atomic mass is 10.2. The number of aliphatic imine (C=N–C) groups is 1. The Kier molecular flexibility index (Phi) is 5.66. The van der Waals surface area contributed by atoms with Crippen LogP contribution in [0, 0.1) is 10.1 Å². The predicted octanol–water partition coefficient (Wildman–Crippen LogP) is 3.28. The van der Waals surface area contributed by atoms with Gasteiger partial charge in [0, 0.05) is 23.4 Å². The highest BCUT2D eigenvalue weighted by Crippen LogP contribution is 2.30. The van der Waals surface area contributed by atoms with Crippen LogP contribution in [-0.4, -0.2) is 43.0 Å². The molecular formula is C14H13N5O3S3. The fraction of sp³-hybridized carbons (Fsp3) is 0.286. The second-order valence-corrected chi connectivity index (χ2v) is 8.61. The summed E-state index contributed by atoms with van der Waals surface area (Å²) >= 11 is 4.25. The highest BCUT2D eigenvalue weighted by atomic mass is 32.2. The molecule has 2 heterocycles. The number of non-ortho nitro benzene ring substituents is 1. The topological polar surface area (TPSA) is 110 Å². The predicted molar refractivity (Wildman–Crippen MR) is 102 cm³/mol. The quantitative estimate of drug-likeness (QED) is 0.611. The van der Waals surface area contributed by atoms with Crippen LogP contribution < -0.4 is 5.32 Å². The van der Waals surface area contributed by atoms with Gasteiger partial charge in [-0.1, -0.05) is 47.0 Å². The molecular weight excluding hydrogens is 382 g/mol. The number of thioether (sulfide) groups is 2. The monoisotopic (exact) mass is 395 g/mol. The maximum atomic E-state index is 12.2. The molecule has 0 bridgehead atoms. The van der Waals surface area contributed by atoms with E-state index in [1.165, 1.54) is 35.2 Å². The molecule has 1 atom stereocenters. The van der Waals surface area contributed by atoms with Crippen molar-refractivity contribution in [3.63, 3.8) is 0 Å². The van der Waals surface area contributed by atoms with Crippen molar-refractivity contribution in [2.24, 2.45) is 4.99 Å². The summed E-state index contributed by atoms with van der Waals surface area (Å²) in [6.07, 6.45) is 0. The van der Waals surface area contributed by atoms with Crippen LogP contribution in [0.2, 0.25) is 0 Å². The molecule has 1 unspecified atom stereocenters. The average molecular weight is 395 g/mol. The molecule has 0 radical (unpaired) electrons. The Morgan fingerprint density at radius 3 is 3.00 bits per heavy atom. The number of aromatic nitrogens is 2. The van der Waals surface area contributed by atoms with E-state index in [1.807, 2.05) is 6.92 Å². The molecule has 11 heteroatoms. The van der Waals surface area contributed by atoms with E-state index in [4.69, 9.17) is 0 Å². The number of benzene rings is 1. The molecule has 1 aromatic heterocycles. The molecule has 1 aliphatic heterocycles. The Morgan fingerprint density at radius 1 is 1.44 bits per heavy atom. The molecule has 1 amide bonds. The summed E-state index contributed by atoms with van der Waals surface area (Å²) in [5, 5.41) is 22.1. The number of carbonyl (C=O) groups is 1. The van der Waals surface area contributed by atoms with Gasteiger partial charge in [0.05, 0.1) is 16.7 Å². The van der Waals surface area contributed by atoms with E-state index >= 15 is 0 Å². The zero-order chi connectivity index (χ0) is 17.8. The highest BCUT2D eigenvalue weighted by molar-refractivity contribution is 8.39. The Labute approximate surface area is 155 Å². The Morgan fingerprint density at radius 2 is 2.28 bits per heavy atom. The first-order chi connectivity index (χ1) is 12.0. The van der Waals surface area contributed by atoms with Crippen molar-refractivity contribution in [1.82, 2.24) is 10.2 Å². The lowest BCUT2D eigenvalue weighted by Crippen LogP contribution is -2.23. The first-order valence-electron chi connectivity index (χ1n) is 7.26. The van der Waals surface area contributed by atoms with Gasteiger partial charge in [0.1, 0.15) is 9.38 Å². The van der Waals surface area contributed by atoms with Crippen molar-refractivity contribution in [3.05, 3.63) is 34.4 Å². The van der Waals surface area contributed by atoms with E-state index in [0.717, 1.165) is 16.7 Å². The van der Waals surface area contributed by atoms with E-state index in [9.17, 15) is 14.9 Å². The number of nitrogens with one attached hydrogen (secondary N) is 1. The lowest BCUT2D eigenvalue weighted by Gasteiger charge is -2.09. The van der Waals surface area contributed by atoms with Crippen molar-refractivity contribution in [3.8, 4) is 10.6 Å². The maximum Gasteiger partial charge on any atom is 0.270 e. The van der Waals surface area contributed by atoms with Crippen LogP contribution in [0.15, 0.2) is 29.3 Å². The van der Waals surface area contributed by atoms with Crippen molar-refractivity contribution in [2.75, 3.05) is 17.6 Å². The second-order valence-electron chi connectivity index (χ2n) is 4.97. The van der Waals surface area contributed by atoms with E-state index in [0.29, 0.717) is 15.7 Å². The third-order valence-corrected chi connectivity index (χ3v) is 6.35. The minimum Gasteiger partial charge on any atom is -0.300 e. The van der Waals surface area contributed by atoms with Gasteiger partial charge in [-0.15, -0.1) is 10.2 Å². The Balaban J connectivity index is 1.66. The second kappa shape index (κ2) is 7.93. The molecule has 2 aromatic rings. The van der Waals surface area contributed by atoms with Crippen LogP contribution in [0.4, 0.5) is 10.8 Å². The van der Waals surface area contributed by atoms with Crippen LogP contribution in [0.25, 0.3) is 10.6 Å². The molecule has 0 fully saturated rings. The molecule has 1 aromatic carbocycles. The minimum absolute atomic E-state index is 0.0156. The molecule has 1 N–H and O–H groups in total. The summed E-state index contributed by atoms with van der Waals surface area (Å²) in [5.74, 6) is 0.779. The number of carbonyl (C=O) groups excluding carboxylic acids is 1. The van der Waals surface area contributed by atoms with Crippen LogP contribution in [0.3, 0.4) is 0 Å². The molecule has 0 saturated carbocycles. The summed E-state index contributed by atoms with van der Waals surface area (Å²) < 4.78 is 0.928. The van der Waals surface area contributed by atoms with Gasteiger partial charge in [-0.05, 0) is 6.92 Å². The molecule has 0 aliphatic carbocycles. The summed E-state index contributed by atoms with van der Waals surface area (Å²) in [6, 6.07) is 6.15. The normalized spacial score (nSPS) is 14.8. The van der Waals surface area contributed by atoms with Gasteiger partial charge in [0.2, 0.25) is 11.0 Å². The van der Waals surface area contributed by atoms with Crippen LogP contribution in [0.5, 0.6) is 0 Å². The molecule has 130 valence electrons. The largest absolute Gasteiger partial charge is 0.300 e. The first-order valence-corrected chi connectivity index (χ1v) is 9.94. The molecule has 8 nitrogen and oxygen atoms in total.